The molecule has 0 aliphatic rings. The van der Waals surface area contributed by atoms with Crippen molar-refractivity contribution in [2.24, 2.45) is 0 Å². The first-order valence-electron chi connectivity index (χ1n) is 10.0. The van der Waals surface area contributed by atoms with E-state index in [9.17, 15) is 4.79 Å². The third-order valence-corrected chi connectivity index (χ3v) is 6.30. The zero-order valence-electron chi connectivity index (χ0n) is 17.0. The lowest BCUT2D eigenvalue weighted by Crippen LogP contribution is -2.22. The Morgan fingerprint density at radius 3 is 2.42 bits per heavy atom. The second-order valence-corrected chi connectivity index (χ2v) is 8.09. The molecule has 0 atom stereocenters. The third kappa shape index (κ3) is 3.57. The minimum atomic E-state index is -0.101. The molecule has 0 N–H and O–H groups in total. The second-order valence-electron chi connectivity index (χ2n) is 7.15. The number of thioether (sulfide) groups is 1. The molecule has 0 saturated carbocycles. The highest BCUT2D eigenvalue weighted by atomic mass is 32.2. The molecule has 4 aromatic carbocycles. The molecule has 5 rings (SSSR count). The van der Waals surface area contributed by atoms with E-state index in [0.29, 0.717) is 33.2 Å². The number of benzene rings is 4. The molecule has 5 heteroatoms. The Bertz CT molecular complexity index is 1450. The third-order valence-electron chi connectivity index (χ3n) is 5.31. The van der Waals surface area contributed by atoms with Gasteiger partial charge in [0.2, 0.25) is 0 Å². The van der Waals surface area contributed by atoms with Gasteiger partial charge >= 0.3 is 0 Å². The van der Waals surface area contributed by atoms with Crippen molar-refractivity contribution >= 4 is 33.4 Å². The molecule has 0 fully saturated rings. The molecule has 0 aliphatic carbocycles. The van der Waals surface area contributed by atoms with Gasteiger partial charge in [-0.1, -0.05) is 78.5 Å². The minimum absolute atomic E-state index is 0.101. The average Bonchev–Trinajstić information content (AvgIpc) is 2.83. The van der Waals surface area contributed by atoms with E-state index in [0.717, 1.165) is 0 Å². The quantitative estimate of drug-likeness (QED) is 0.263. The van der Waals surface area contributed by atoms with Gasteiger partial charge in [-0.2, -0.15) is 0 Å². The number of aromatic nitrogens is 2. The zero-order valence-corrected chi connectivity index (χ0v) is 17.8. The Labute approximate surface area is 184 Å². The van der Waals surface area contributed by atoms with Crippen LogP contribution >= 0.6 is 11.8 Å². The first-order chi connectivity index (χ1) is 15.3. The van der Waals surface area contributed by atoms with Gasteiger partial charge in [-0.3, -0.25) is 9.36 Å². The molecule has 1 aromatic heterocycles. The molecule has 152 valence electrons. The van der Waals surface area contributed by atoms with Crippen LogP contribution in [-0.4, -0.2) is 16.7 Å². The van der Waals surface area contributed by atoms with Gasteiger partial charge in [0.25, 0.3) is 5.56 Å². The highest BCUT2D eigenvalue weighted by Crippen LogP contribution is 2.30. The fraction of sp³-hybridized carbons (Fsp3) is 0.0769. The van der Waals surface area contributed by atoms with Crippen molar-refractivity contribution in [3.63, 3.8) is 0 Å². The molecule has 5 aromatic rings. The van der Waals surface area contributed by atoms with Gasteiger partial charge < -0.3 is 4.74 Å². The standard InChI is InChI=1S/C26H20N2O2S/c1-30-24-16-7-6-15-23(24)28-25(29)21-13-4-5-14-22(21)27-26(28)31-17-19-11-8-10-18-9-2-3-12-20(18)19/h2-16H,17H2,1H3. The Hall–Kier alpha value is -3.57. The monoisotopic (exact) mass is 424 g/mol. The number of ether oxygens (including phenoxy) is 1. The zero-order chi connectivity index (χ0) is 21.2. The summed E-state index contributed by atoms with van der Waals surface area (Å²) in [4.78, 5) is 18.3. The van der Waals surface area contributed by atoms with Crippen molar-refractivity contribution in [3.8, 4) is 11.4 Å². The number of fused-ring (bicyclic) bond motifs is 2. The van der Waals surface area contributed by atoms with E-state index in [2.05, 4.69) is 36.4 Å². The van der Waals surface area contributed by atoms with Crippen LogP contribution < -0.4 is 10.3 Å². The Balaban J connectivity index is 1.66. The largest absolute Gasteiger partial charge is 0.495 e. The van der Waals surface area contributed by atoms with Gasteiger partial charge in [-0.05, 0) is 40.6 Å². The molecule has 1 heterocycles. The van der Waals surface area contributed by atoms with Crippen LogP contribution in [0.3, 0.4) is 0 Å². The molecule has 4 nitrogen and oxygen atoms in total. The van der Waals surface area contributed by atoms with E-state index in [1.807, 2.05) is 54.6 Å². The number of hydrogen-bond donors (Lipinski definition) is 0. The summed E-state index contributed by atoms with van der Waals surface area (Å²) in [7, 11) is 1.61. The van der Waals surface area contributed by atoms with E-state index in [4.69, 9.17) is 9.72 Å². The van der Waals surface area contributed by atoms with Crippen LogP contribution in [0.5, 0.6) is 5.75 Å². The Kier molecular flexibility index (Phi) is 5.18. The molecule has 0 amide bonds. The van der Waals surface area contributed by atoms with Crippen LogP contribution in [0.4, 0.5) is 0 Å². The summed E-state index contributed by atoms with van der Waals surface area (Å²) in [6.07, 6.45) is 0. The van der Waals surface area contributed by atoms with Gasteiger partial charge in [0.05, 0.1) is 23.7 Å². The van der Waals surface area contributed by atoms with Crippen LogP contribution in [-0.2, 0) is 5.75 Å². The summed E-state index contributed by atoms with van der Waals surface area (Å²) < 4.78 is 7.21. The topological polar surface area (TPSA) is 44.1 Å². The van der Waals surface area contributed by atoms with Crippen LogP contribution in [0.2, 0.25) is 0 Å². The van der Waals surface area contributed by atoms with E-state index in [1.54, 1.807) is 23.4 Å². The lowest BCUT2D eigenvalue weighted by Gasteiger charge is -2.16. The average molecular weight is 425 g/mol. The van der Waals surface area contributed by atoms with Crippen LogP contribution in [0.15, 0.2) is 101 Å². The first-order valence-corrected chi connectivity index (χ1v) is 11.0. The highest BCUT2D eigenvalue weighted by molar-refractivity contribution is 7.98. The predicted octanol–water partition coefficient (Wildman–Crippen LogP) is 5.84. The maximum absolute atomic E-state index is 13.5. The summed E-state index contributed by atoms with van der Waals surface area (Å²) in [6, 6.07) is 29.7. The SMILES string of the molecule is COc1ccccc1-n1c(SCc2cccc3ccccc23)nc2ccccc2c1=O. The van der Waals surface area contributed by atoms with Gasteiger partial charge in [-0.25, -0.2) is 4.98 Å². The Morgan fingerprint density at radius 2 is 1.55 bits per heavy atom. The maximum atomic E-state index is 13.5. The van der Waals surface area contributed by atoms with E-state index >= 15 is 0 Å². The summed E-state index contributed by atoms with van der Waals surface area (Å²) in [5, 5.41) is 3.64. The maximum Gasteiger partial charge on any atom is 0.266 e. The fourth-order valence-electron chi connectivity index (χ4n) is 3.80. The second kappa shape index (κ2) is 8.28. The molecular weight excluding hydrogens is 404 g/mol. The number of rotatable bonds is 5. The van der Waals surface area contributed by atoms with Crippen molar-refractivity contribution in [2.45, 2.75) is 10.9 Å². The van der Waals surface area contributed by atoms with Gasteiger partial charge in [-0.15, -0.1) is 0 Å². The molecule has 31 heavy (non-hydrogen) atoms. The molecule has 0 saturated heterocycles. The smallest absolute Gasteiger partial charge is 0.266 e. The van der Waals surface area contributed by atoms with Crippen LogP contribution in [0, 0.1) is 0 Å². The van der Waals surface area contributed by atoms with Crippen molar-refractivity contribution in [1.82, 2.24) is 9.55 Å². The van der Waals surface area contributed by atoms with Crippen LogP contribution in [0.1, 0.15) is 5.56 Å². The van der Waals surface area contributed by atoms with E-state index < -0.39 is 0 Å². The molecule has 0 radical (unpaired) electrons. The van der Waals surface area contributed by atoms with Crippen molar-refractivity contribution < 1.29 is 4.74 Å². The van der Waals surface area contributed by atoms with Crippen molar-refractivity contribution in [3.05, 3.63) is 107 Å². The number of hydrogen-bond acceptors (Lipinski definition) is 4. The summed E-state index contributed by atoms with van der Waals surface area (Å²) in [5.41, 5.74) is 2.49. The van der Waals surface area contributed by atoms with Crippen molar-refractivity contribution in [1.29, 1.82) is 0 Å². The summed E-state index contributed by atoms with van der Waals surface area (Å²) in [6.45, 7) is 0. The molecular formula is C26H20N2O2S. The lowest BCUT2D eigenvalue weighted by molar-refractivity contribution is 0.411. The lowest BCUT2D eigenvalue weighted by atomic mass is 10.1. The van der Waals surface area contributed by atoms with Gasteiger partial charge in [0.1, 0.15) is 5.75 Å². The van der Waals surface area contributed by atoms with E-state index in [1.165, 1.54) is 16.3 Å². The summed E-state index contributed by atoms with van der Waals surface area (Å²) in [5.74, 6) is 1.33. The molecule has 0 unspecified atom stereocenters. The fourth-order valence-corrected chi connectivity index (χ4v) is 4.81. The molecule has 0 bridgehead atoms. The minimum Gasteiger partial charge on any atom is -0.495 e. The van der Waals surface area contributed by atoms with Crippen LogP contribution in [0.25, 0.3) is 27.4 Å². The highest BCUT2D eigenvalue weighted by Gasteiger charge is 2.16. The van der Waals surface area contributed by atoms with Gasteiger partial charge in [0.15, 0.2) is 5.16 Å². The number of methoxy groups -OCH3 is 1. The van der Waals surface area contributed by atoms with Gasteiger partial charge in [0, 0.05) is 5.75 Å². The number of nitrogens with zero attached hydrogens (tertiary/aromatic N) is 2. The predicted molar refractivity (Wildman–Crippen MR) is 127 cm³/mol. The Morgan fingerprint density at radius 1 is 0.839 bits per heavy atom. The van der Waals surface area contributed by atoms with Crippen molar-refractivity contribution in [2.75, 3.05) is 7.11 Å². The molecule has 0 spiro atoms. The van der Waals surface area contributed by atoms with E-state index in [-0.39, 0.29) is 5.56 Å². The molecule has 0 aliphatic heterocycles. The summed E-state index contributed by atoms with van der Waals surface area (Å²) >= 11 is 1.55. The normalized spacial score (nSPS) is 11.1. The number of para-hydroxylation sites is 3. The first kappa shape index (κ1) is 19.4.